The number of halogens is 1. The fourth-order valence-electron chi connectivity index (χ4n) is 2.63. The molecule has 1 aromatic rings. The van der Waals surface area contributed by atoms with Crippen LogP contribution in [0.1, 0.15) is 24.8 Å². The maximum absolute atomic E-state index is 12.0. The first-order valence-electron chi connectivity index (χ1n) is 8.10. The van der Waals surface area contributed by atoms with E-state index < -0.39 is 6.10 Å². The van der Waals surface area contributed by atoms with Crippen LogP contribution in [0.25, 0.3) is 0 Å². The lowest BCUT2D eigenvalue weighted by molar-refractivity contribution is -0.135. The zero-order chi connectivity index (χ0) is 17.7. The molecular formula is C16H25ClN4O2S. The molecule has 2 heterocycles. The Morgan fingerprint density at radius 3 is 2.46 bits per heavy atom. The summed E-state index contributed by atoms with van der Waals surface area (Å²) in [6, 6.07) is 3.61. The molecule has 134 valence electrons. The van der Waals surface area contributed by atoms with Crippen molar-refractivity contribution in [2.45, 2.75) is 20.0 Å². The second-order valence-corrected chi connectivity index (χ2v) is 7.80. The molecule has 0 aliphatic carbocycles. The standard InChI is InChI=1S/C16H25ClN4O2S/c1-11(2)15(23)20-6-8-21(9-7-20)16(18-3)19-10-12(22)13-4-5-14(17)24-13/h4-5,11-12,22H,6-10H2,1-3H3,(H,18,19). The summed E-state index contributed by atoms with van der Waals surface area (Å²) in [5, 5.41) is 13.4. The van der Waals surface area contributed by atoms with Gasteiger partial charge in [-0.2, -0.15) is 0 Å². The number of hydrogen-bond acceptors (Lipinski definition) is 4. The molecule has 0 radical (unpaired) electrons. The lowest BCUT2D eigenvalue weighted by atomic mass is 10.1. The van der Waals surface area contributed by atoms with E-state index in [1.54, 1.807) is 13.1 Å². The van der Waals surface area contributed by atoms with Crippen LogP contribution in [0.5, 0.6) is 0 Å². The number of hydrogen-bond donors (Lipinski definition) is 2. The summed E-state index contributed by atoms with van der Waals surface area (Å²) in [6.45, 7) is 7.08. The van der Waals surface area contributed by atoms with Crippen LogP contribution in [0, 0.1) is 5.92 Å². The molecule has 2 N–H and O–H groups in total. The fourth-order valence-corrected chi connectivity index (χ4v) is 3.68. The molecule has 24 heavy (non-hydrogen) atoms. The van der Waals surface area contributed by atoms with Gasteiger partial charge in [-0.3, -0.25) is 9.79 Å². The molecule has 1 aromatic heterocycles. The molecule has 0 bridgehead atoms. The molecule has 0 aromatic carbocycles. The fraction of sp³-hybridized carbons (Fsp3) is 0.625. The normalized spacial score (nSPS) is 17.3. The molecule has 8 heteroatoms. The Hall–Kier alpha value is -1.31. The third-order valence-electron chi connectivity index (χ3n) is 3.97. The number of rotatable bonds is 4. The summed E-state index contributed by atoms with van der Waals surface area (Å²) in [4.78, 5) is 21.2. The van der Waals surface area contributed by atoms with E-state index in [1.165, 1.54) is 11.3 Å². The molecule has 1 amide bonds. The van der Waals surface area contributed by atoms with Crippen molar-refractivity contribution in [3.8, 4) is 0 Å². The number of piperazine rings is 1. The van der Waals surface area contributed by atoms with Crippen LogP contribution < -0.4 is 5.32 Å². The number of amides is 1. The topological polar surface area (TPSA) is 68.2 Å². The molecule has 1 atom stereocenters. The maximum Gasteiger partial charge on any atom is 0.225 e. The lowest BCUT2D eigenvalue weighted by Gasteiger charge is -2.37. The van der Waals surface area contributed by atoms with Gasteiger partial charge in [-0.05, 0) is 12.1 Å². The van der Waals surface area contributed by atoms with Crippen LogP contribution in [0.4, 0.5) is 0 Å². The molecule has 0 spiro atoms. The average Bonchev–Trinajstić information content (AvgIpc) is 3.01. The van der Waals surface area contributed by atoms with Gasteiger partial charge >= 0.3 is 0 Å². The van der Waals surface area contributed by atoms with Crippen LogP contribution >= 0.6 is 22.9 Å². The zero-order valence-corrected chi connectivity index (χ0v) is 15.9. The van der Waals surface area contributed by atoms with Crippen LogP contribution in [-0.2, 0) is 4.79 Å². The first-order chi connectivity index (χ1) is 11.4. The number of aliphatic imine (C=N–C) groups is 1. The molecule has 6 nitrogen and oxygen atoms in total. The van der Waals surface area contributed by atoms with E-state index in [2.05, 4.69) is 15.2 Å². The SMILES string of the molecule is CN=C(NCC(O)c1ccc(Cl)s1)N1CCN(C(=O)C(C)C)CC1. The van der Waals surface area contributed by atoms with Crippen molar-refractivity contribution >= 4 is 34.8 Å². The predicted octanol–water partition coefficient (Wildman–Crippen LogP) is 1.81. The number of aliphatic hydroxyl groups excluding tert-OH is 1. The summed E-state index contributed by atoms with van der Waals surface area (Å²) >= 11 is 7.28. The van der Waals surface area contributed by atoms with Gasteiger partial charge in [0.2, 0.25) is 5.91 Å². The van der Waals surface area contributed by atoms with Crippen molar-refractivity contribution in [3.63, 3.8) is 0 Å². The number of guanidine groups is 1. The van der Waals surface area contributed by atoms with Crippen molar-refractivity contribution in [1.82, 2.24) is 15.1 Å². The van der Waals surface area contributed by atoms with Gasteiger partial charge in [0.15, 0.2) is 5.96 Å². The number of nitrogens with zero attached hydrogens (tertiary/aromatic N) is 3. The highest BCUT2D eigenvalue weighted by molar-refractivity contribution is 7.16. The van der Waals surface area contributed by atoms with E-state index in [-0.39, 0.29) is 11.8 Å². The first kappa shape index (κ1) is 19.0. The van der Waals surface area contributed by atoms with Gasteiger partial charge < -0.3 is 20.2 Å². The quantitative estimate of drug-likeness (QED) is 0.624. The van der Waals surface area contributed by atoms with Crippen molar-refractivity contribution in [1.29, 1.82) is 0 Å². The smallest absolute Gasteiger partial charge is 0.225 e. The Balaban J connectivity index is 1.83. The van der Waals surface area contributed by atoms with E-state index in [1.807, 2.05) is 24.8 Å². The third-order valence-corrected chi connectivity index (χ3v) is 5.30. The number of carbonyl (C=O) groups excluding carboxylic acids is 1. The highest BCUT2D eigenvalue weighted by atomic mass is 35.5. The molecular weight excluding hydrogens is 348 g/mol. The first-order valence-corrected chi connectivity index (χ1v) is 9.29. The molecule has 1 aliphatic rings. The third kappa shape index (κ3) is 4.84. The second-order valence-electron chi connectivity index (χ2n) is 6.05. The molecule has 0 saturated carbocycles. The molecule has 1 fully saturated rings. The Kier molecular flexibility index (Phi) is 6.89. The van der Waals surface area contributed by atoms with Crippen molar-refractivity contribution in [2.75, 3.05) is 39.8 Å². The maximum atomic E-state index is 12.0. The molecule has 1 saturated heterocycles. The summed E-state index contributed by atoms with van der Waals surface area (Å²) < 4.78 is 0.666. The number of nitrogens with one attached hydrogen (secondary N) is 1. The van der Waals surface area contributed by atoms with Gasteiger partial charge in [0.25, 0.3) is 0 Å². The number of thiophene rings is 1. The highest BCUT2D eigenvalue weighted by Crippen LogP contribution is 2.26. The molecule has 1 unspecified atom stereocenters. The number of aliphatic hydroxyl groups is 1. The van der Waals surface area contributed by atoms with E-state index in [0.717, 1.165) is 23.9 Å². The summed E-state index contributed by atoms with van der Waals surface area (Å²) in [5.41, 5.74) is 0. The van der Waals surface area contributed by atoms with Crippen LogP contribution in [0.2, 0.25) is 4.34 Å². The van der Waals surface area contributed by atoms with E-state index in [0.29, 0.717) is 24.0 Å². The summed E-state index contributed by atoms with van der Waals surface area (Å²) in [5.74, 6) is 0.970. The number of carbonyl (C=O) groups is 1. The second kappa shape index (κ2) is 8.69. The molecule has 2 rings (SSSR count). The average molecular weight is 373 g/mol. The zero-order valence-electron chi connectivity index (χ0n) is 14.3. The van der Waals surface area contributed by atoms with Crippen molar-refractivity contribution in [3.05, 3.63) is 21.3 Å². The van der Waals surface area contributed by atoms with E-state index in [9.17, 15) is 9.90 Å². The van der Waals surface area contributed by atoms with Crippen LogP contribution in [0.3, 0.4) is 0 Å². The minimum atomic E-state index is -0.622. The van der Waals surface area contributed by atoms with Gasteiger partial charge in [0, 0.05) is 50.6 Å². The monoisotopic (exact) mass is 372 g/mol. The van der Waals surface area contributed by atoms with Gasteiger partial charge in [0.05, 0.1) is 4.34 Å². The minimum absolute atomic E-state index is 0.0294. The largest absolute Gasteiger partial charge is 0.386 e. The van der Waals surface area contributed by atoms with Crippen molar-refractivity contribution in [2.24, 2.45) is 10.9 Å². The van der Waals surface area contributed by atoms with Crippen LogP contribution in [-0.4, -0.2) is 66.5 Å². The lowest BCUT2D eigenvalue weighted by Crippen LogP contribution is -2.54. The highest BCUT2D eigenvalue weighted by Gasteiger charge is 2.24. The van der Waals surface area contributed by atoms with Gasteiger partial charge in [-0.1, -0.05) is 25.4 Å². The minimum Gasteiger partial charge on any atom is -0.386 e. The predicted molar refractivity (Wildman–Crippen MR) is 98.6 cm³/mol. The molecule has 1 aliphatic heterocycles. The summed E-state index contributed by atoms with van der Waals surface area (Å²) in [7, 11) is 1.72. The van der Waals surface area contributed by atoms with E-state index >= 15 is 0 Å². The van der Waals surface area contributed by atoms with Gasteiger partial charge in [-0.25, -0.2) is 0 Å². The van der Waals surface area contributed by atoms with E-state index in [4.69, 9.17) is 11.6 Å². The van der Waals surface area contributed by atoms with Gasteiger partial charge in [0.1, 0.15) is 6.10 Å². The van der Waals surface area contributed by atoms with Crippen molar-refractivity contribution < 1.29 is 9.90 Å². The Labute approximate surface area is 152 Å². The Bertz CT molecular complexity index is 582. The van der Waals surface area contributed by atoms with Crippen LogP contribution in [0.15, 0.2) is 17.1 Å². The Morgan fingerprint density at radius 2 is 1.96 bits per heavy atom. The Morgan fingerprint density at radius 1 is 1.33 bits per heavy atom. The van der Waals surface area contributed by atoms with Gasteiger partial charge in [-0.15, -0.1) is 11.3 Å². The summed E-state index contributed by atoms with van der Waals surface area (Å²) in [6.07, 6.45) is -0.622.